The average Bonchev–Trinajstić information content (AvgIpc) is 3.44. The van der Waals surface area contributed by atoms with Crippen molar-refractivity contribution in [3.63, 3.8) is 0 Å². The first-order valence-electron chi connectivity index (χ1n) is 12.6. The van der Waals surface area contributed by atoms with Gasteiger partial charge >= 0.3 is 0 Å². The van der Waals surface area contributed by atoms with Crippen LogP contribution in [0.2, 0.25) is 0 Å². The number of aromatic nitrogens is 1. The highest BCUT2D eigenvalue weighted by atomic mass is 32.2. The SMILES string of the molecule is NC(=O)[C@@H]1CCCN1C(=O)[C@@H](c1ccccc1)N(Cc1ccc2c(N)nccc2c1)S(=O)(=O)c1ccccc1. The standard InChI is InChI=1S/C29H29N5O4S/c30-27-24-14-13-20(18-22(24)15-16-32-27)19-34(39(37,38)23-10-5-2-6-11-23)26(21-8-3-1-4-9-21)29(36)33-17-7-12-25(33)28(31)35/h1-6,8-11,13-16,18,25-26H,7,12,17,19H2,(H2,30,32)(H2,31,35)/t25-,26+/m0/s1. The van der Waals surface area contributed by atoms with Crippen molar-refractivity contribution in [1.29, 1.82) is 0 Å². The Kier molecular flexibility index (Phi) is 7.32. The van der Waals surface area contributed by atoms with Gasteiger partial charge in [-0.2, -0.15) is 4.31 Å². The molecule has 2 amide bonds. The summed E-state index contributed by atoms with van der Waals surface area (Å²) in [6.45, 7) is 0.215. The second-order valence-electron chi connectivity index (χ2n) is 9.52. The summed E-state index contributed by atoms with van der Waals surface area (Å²) in [6, 6.07) is 22.0. The molecule has 3 aromatic carbocycles. The van der Waals surface area contributed by atoms with Crippen LogP contribution in [0.15, 0.2) is 96.0 Å². The highest BCUT2D eigenvalue weighted by Crippen LogP contribution is 2.34. The molecule has 10 heteroatoms. The minimum Gasteiger partial charge on any atom is -0.383 e. The third kappa shape index (κ3) is 5.21. The predicted octanol–water partition coefficient (Wildman–Crippen LogP) is 3.23. The Labute approximate surface area is 227 Å². The van der Waals surface area contributed by atoms with Crippen molar-refractivity contribution in [3.8, 4) is 0 Å². The summed E-state index contributed by atoms with van der Waals surface area (Å²) in [5.41, 5.74) is 12.8. The first-order chi connectivity index (χ1) is 18.8. The Morgan fingerprint density at radius 3 is 2.38 bits per heavy atom. The highest BCUT2D eigenvalue weighted by molar-refractivity contribution is 7.89. The van der Waals surface area contributed by atoms with Crippen LogP contribution in [0.4, 0.5) is 5.82 Å². The lowest BCUT2D eigenvalue weighted by Gasteiger charge is -2.34. The summed E-state index contributed by atoms with van der Waals surface area (Å²) in [5, 5.41) is 1.55. The average molecular weight is 544 g/mol. The van der Waals surface area contributed by atoms with Crippen LogP contribution >= 0.6 is 0 Å². The molecule has 1 fully saturated rings. The van der Waals surface area contributed by atoms with E-state index in [0.717, 1.165) is 10.8 Å². The zero-order valence-corrected chi connectivity index (χ0v) is 22.0. The molecule has 1 saturated heterocycles. The molecule has 0 saturated carbocycles. The van der Waals surface area contributed by atoms with E-state index >= 15 is 0 Å². The Bertz CT molecular complexity index is 1610. The number of carbonyl (C=O) groups excluding carboxylic acids is 2. The third-order valence-corrected chi connectivity index (χ3v) is 8.87. The van der Waals surface area contributed by atoms with Gasteiger partial charge < -0.3 is 16.4 Å². The van der Waals surface area contributed by atoms with Crippen LogP contribution in [-0.4, -0.2) is 47.0 Å². The van der Waals surface area contributed by atoms with E-state index in [0.29, 0.717) is 36.3 Å². The Balaban J connectivity index is 1.66. The van der Waals surface area contributed by atoms with Crippen LogP contribution in [0.25, 0.3) is 10.8 Å². The number of nitrogens with two attached hydrogens (primary N) is 2. The Morgan fingerprint density at radius 2 is 1.69 bits per heavy atom. The van der Waals surface area contributed by atoms with Crippen molar-refractivity contribution in [2.24, 2.45) is 5.73 Å². The van der Waals surface area contributed by atoms with E-state index in [4.69, 9.17) is 11.5 Å². The van der Waals surface area contributed by atoms with Gasteiger partial charge in [0.2, 0.25) is 21.8 Å². The number of anilines is 1. The maximum absolute atomic E-state index is 14.2. The molecule has 2 atom stereocenters. The molecular weight excluding hydrogens is 514 g/mol. The minimum atomic E-state index is -4.19. The molecule has 1 aromatic heterocycles. The van der Waals surface area contributed by atoms with Crippen molar-refractivity contribution in [2.45, 2.75) is 36.4 Å². The van der Waals surface area contributed by atoms with Gasteiger partial charge in [0.1, 0.15) is 17.9 Å². The lowest BCUT2D eigenvalue weighted by atomic mass is 10.0. The number of fused-ring (bicyclic) bond motifs is 1. The smallest absolute Gasteiger partial charge is 0.246 e. The molecule has 5 rings (SSSR count). The second kappa shape index (κ2) is 10.8. The van der Waals surface area contributed by atoms with Crippen LogP contribution in [-0.2, 0) is 26.2 Å². The molecule has 0 radical (unpaired) electrons. The van der Waals surface area contributed by atoms with Gasteiger partial charge in [0.05, 0.1) is 4.90 Å². The number of rotatable bonds is 8. The van der Waals surface area contributed by atoms with Crippen molar-refractivity contribution in [1.82, 2.24) is 14.2 Å². The highest BCUT2D eigenvalue weighted by Gasteiger charge is 2.43. The molecule has 39 heavy (non-hydrogen) atoms. The molecule has 9 nitrogen and oxygen atoms in total. The number of pyridine rings is 1. The van der Waals surface area contributed by atoms with Gasteiger partial charge in [-0.15, -0.1) is 0 Å². The molecule has 4 aromatic rings. The number of amides is 2. The van der Waals surface area contributed by atoms with Crippen LogP contribution in [0.1, 0.15) is 30.0 Å². The number of nitrogen functional groups attached to an aromatic ring is 1. The Morgan fingerprint density at radius 1 is 1.00 bits per heavy atom. The number of sulfonamides is 1. The second-order valence-corrected chi connectivity index (χ2v) is 11.4. The summed E-state index contributed by atoms with van der Waals surface area (Å²) >= 11 is 0. The summed E-state index contributed by atoms with van der Waals surface area (Å²) in [6.07, 6.45) is 2.63. The molecule has 4 N–H and O–H groups in total. The number of carbonyl (C=O) groups is 2. The fourth-order valence-corrected chi connectivity index (χ4v) is 6.70. The third-order valence-electron chi connectivity index (χ3n) is 7.05. The zero-order valence-electron chi connectivity index (χ0n) is 21.2. The van der Waals surface area contributed by atoms with Crippen molar-refractivity contribution in [3.05, 3.63) is 102 Å². The number of primary amides is 1. The first-order valence-corrected chi connectivity index (χ1v) is 14.1. The van der Waals surface area contributed by atoms with E-state index in [1.165, 1.54) is 21.3 Å². The van der Waals surface area contributed by atoms with Crippen LogP contribution in [0.3, 0.4) is 0 Å². The quantitative estimate of drug-likeness (QED) is 0.350. The number of benzene rings is 3. The van der Waals surface area contributed by atoms with Crippen molar-refractivity contribution < 1.29 is 18.0 Å². The first kappa shape index (κ1) is 26.3. The van der Waals surface area contributed by atoms with E-state index in [9.17, 15) is 18.0 Å². The fraction of sp³-hybridized carbons (Fsp3) is 0.207. The molecule has 200 valence electrons. The predicted molar refractivity (Wildman–Crippen MR) is 148 cm³/mol. The molecule has 0 aliphatic carbocycles. The minimum absolute atomic E-state index is 0.0563. The van der Waals surface area contributed by atoms with Gasteiger partial charge in [-0.25, -0.2) is 13.4 Å². The summed E-state index contributed by atoms with van der Waals surface area (Å²) in [5.74, 6) is -0.723. The topological polar surface area (TPSA) is 140 Å². The van der Waals surface area contributed by atoms with Gasteiger partial charge in [-0.05, 0) is 53.6 Å². The molecule has 2 heterocycles. The lowest BCUT2D eigenvalue weighted by Crippen LogP contribution is -2.50. The van der Waals surface area contributed by atoms with Crippen LogP contribution in [0.5, 0.6) is 0 Å². The van der Waals surface area contributed by atoms with E-state index in [1.54, 1.807) is 72.9 Å². The largest absolute Gasteiger partial charge is 0.383 e. The maximum Gasteiger partial charge on any atom is 0.246 e. The molecule has 0 spiro atoms. The molecule has 1 aliphatic rings. The van der Waals surface area contributed by atoms with E-state index < -0.39 is 33.9 Å². The van der Waals surface area contributed by atoms with Gasteiger partial charge in [-0.3, -0.25) is 9.59 Å². The van der Waals surface area contributed by atoms with Crippen molar-refractivity contribution in [2.75, 3.05) is 12.3 Å². The summed E-state index contributed by atoms with van der Waals surface area (Å²) in [7, 11) is -4.19. The Hall–Kier alpha value is -4.28. The van der Waals surface area contributed by atoms with Gasteiger partial charge in [0.25, 0.3) is 0 Å². The van der Waals surface area contributed by atoms with E-state index in [1.807, 2.05) is 6.07 Å². The number of hydrogen-bond donors (Lipinski definition) is 2. The van der Waals surface area contributed by atoms with Gasteiger partial charge in [0, 0.05) is 24.7 Å². The monoisotopic (exact) mass is 543 g/mol. The van der Waals surface area contributed by atoms with Gasteiger partial charge in [0.15, 0.2) is 0 Å². The lowest BCUT2D eigenvalue weighted by molar-refractivity contribution is -0.140. The molecule has 0 bridgehead atoms. The fourth-order valence-electron chi connectivity index (χ4n) is 5.12. The van der Waals surface area contributed by atoms with Crippen molar-refractivity contribution >= 4 is 38.4 Å². The van der Waals surface area contributed by atoms with E-state index in [-0.39, 0.29) is 11.4 Å². The number of likely N-dealkylation sites (tertiary alicyclic amines) is 1. The molecular formula is C29H29N5O4S. The zero-order chi connectivity index (χ0) is 27.6. The van der Waals surface area contributed by atoms with Gasteiger partial charge in [-0.1, -0.05) is 60.7 Å². The molecule has 0 unspecified atom stereocenters. The molecule has 1 aliphatic heterocycles. The van der Waals surface area contributed by atoms with Crippen LogP contribution in [0, 0.1) is 0 Å². The van der Waals surface area contributed by atoms with Crippen LogP contribution < -0.4 is 11.5 Å². The number of hydrogen-bond acceptors (Lipinski definition) is 6. The number of nitrogens with zero attached hydrogens (tertiary/aromatic N) is 3. The summed E-state index contributed by atoms with van der Waals surface area (Å²) in [4.78, 5) is 32.0. The normalized spacial score (nSPS) is 16.4. The summed E-state index contributed by atoms with van der Waals surface area (Å²) < 4.78 is 29.7. The van der Waals surface area contributed by atoms with E-state index in [2.05, 4.69) is 4.98 Å². The maximum atomic E-state index is 14.2.